The lowest BCUT2D eigenvalue weighted by Crippen LogP contribution is -2.71. The van der Waals surface area contributed by atoms with Crippen LogP contribution in [0.5, 0.6) is 0 Å². The summed E-state index contributed by atoms with van der Waals surface area (Å²) < 4.78 is 22.8. The maximum Gasteiger partial charge on any atom is 0.315 e. The minimum absolute atomic E-state index is 0.0514. The van der Waals surface area contributed by atoms with Gasteiger partial charge in [0, 0.05) is 51.4 Å². The molecule has 216 valence electrons. The van der Waals surface area contributed by atoms with Gasteiger partial charge in [0.15, 0.2) is 5.72 Å². The number of nitrogens with one attached hydrogen (secondary N) is 2. The summed E-state index contributed by atoms with van der Waals surface area (Å²) in [6.07, 6.45) is 11.4. The van der Waals surface area contributed by atoms with Crippen molar-refractivity contribution in [2.75, 3.05) is 39.8 Å². The van der Waals surface area contributed by atoms with E-state index < -0.39 is 5.72 Å². The number of carbonyl (C=O) groups is 1. The zero-order chi connectivity index (χ0) is 26.3. The molecule has 38 heavy (non-hydrogen) atoms. The molecule has 4 spiro atoms. The summed E-state index contributed by atoms with van der Waals surface area (Å²) in [5, 5.41) is 32.7. The van der Waals surface area contributed by atoms with E-state index in [2.05, 4.69) is 10.6 Å². The van der Waals surface area contributed by atoms with E-state index in [-0.39, 0.29) is 41.5 Å². The maximum atomic E-state index is 13.5. The Morgan fingerprint density at radius 2 is 1.13 bits per heavy atom. The summed E-state index contributed by atoms with van der Waals surface area (Å²) in [6, 6.07) is -0.332. The fraction of sp³-hybridized carbons (Fsp3) is 0.963. The Labute approximate surface area is 225 Å². The smallest absolute Gasteiger partial charge is 0.315 e. The number of ether oxygens (including phenoxy) is 4. The first-order valence-corrected chi connectivity index (χ1v) is 14.8. The zero-order valence-electron chi connectivity index (χ0n) is 22.6. The van der Waals surface area contributed by atoms with Crippen molar-refractivity contribution in [3.63, 3.8) is 0 Å². The molecule has 0 aromatic heterocycles. The third-order valence-electron chi connectivity index (χ3n) is 10.5. The molecule has 6 rings (SSSR count). The quantitative estimate of drug-likeness (QED) is 0.420. The topological polar surface area (TPSA) is 125 Å². The van der Waals surface area contributed by atoms with Crippen molar-refractivity contribution < 1.29 is 34.2 Å². The van der Waals surface area contributed by atoms with Crippen LogP contribution in [0, 0.1) is 0 Å². The van der Waals surface area contributed by atoms with Gasteiger partial charge in [0.05, 0.1) is 23.2 Å². The molecule has 1 saturated carbocycles. The monoisotopic (exact) mass is 538 g/mol. The van der Waals surface area contributed by atoms with Crippen molar-refractivity contribution in [1.29, 1.82) is 0 Å². The fourth-order valence-electron chi connectivity index (χ4n) is 8.61. The normalized spacial score (nSPS) is 37.4. The Bertz CT molecular complexity index is 713. The number of piperidine rings is 2. The van der Waals surface area contributed by atoms with Crippen LogP contribution >= 0.6 is 0 Å². The molecule has 1 aliphatic carbocycles. The highest BCUT2D eigenvalue weighted by Gasteiger charge is 2.57. The number of rotatable bonds is 2. The van der Waals surface area contributed by atoms with Gasteiger partial charge in [-0.25, -0.2) is 4.79 Å². The van der Waals surface area contributed by atoms with Gasteiger partial charge in [-0.3, -0.25) is 0 Å². The molecule has 0 aromatic carbocycles. The fourth-order valence-corrected chi connectivity index (χ4v) is 8.61. The molecule has 2 unspecified atom stereocenters. The minimum atomic E-state index is -0.827. The third-order valence-corrected chi connectivity index (χ3v) is 10.5. The van der Waals surface area contributed by atoms with E-state index in [0.717, 1.165) is 51.4 Å². The summed E-state index contributed by atoms with van der Waals surface area (Å²) in [6.45, 7) is 3.17. The van der Waals surface area contributed by atoms with Crippen molar-refractivity contribution in [3.05, 3.63) is 0 Å². The van der Waals surface area contributed by atoms with Crippen molar-refractivity contribution >= 4 is 6.03 Å². The molecule has 0 bridgehead atoms. The highest BCUT2D eigenvalue weighted by molar-refractivity contribution is 5.74. The van der Waals surface area contributed by atoms with E-state index in [9.17, 15) is 15.2 Å². The van der Waals surface area contributed by atoms with E-state index in [1.165, 1.54) is 11.5 Å². The lowest BCUT2D eigenvalue weighted by atomic mass is 9.69. The first kappa shape index (κ1) is 27.1. The van der Waals surface area contributed by atoms with Crippen LogP contribution in [-0.4, -0.2) is 101 Å². The molecule has 5 saturated heterocycles. The van der Waals surface area contributed by atoms with Crippen LogP contribution in [0.3, 0.4) is 0 Å². The SMILES string of the molecule is O=C(NC1CC2(CCOCC2)N(O)C2(CCOCC2)C1)NC1CC2(CCCCC2)N(O)C2(CCOCO2)C1. The molecule has 11 heteroatoms. The first-order chi connectivity index (χ1) is 18.4. The molecule has 6 aliphatic rings. The van der Waals surface area contributed by atoms with Gasteiger partial charge in [0.2, 0.25) is 0 Å². The molecule has 5 aliphatic heterocycles. The molecule has 2 atom stereocenters. The van der Waals surface area contributed by atoms with E-state index in [4.69, 9.17) is 18.9 Å². The highest BCUT2D eigenvalue weighted by Crippen LogP contribution is 2.49. The number of urea groups is 1. The second-order valence-electron chi connectivity index (χ2n) is 12.8. The van der Waals surface area contributed by atoms with Crippen LogP contribution in [0.1, 0.15) is 89.9 Å². The Morgan fingerprint density at radius 1 is 0.632 bits per heavy atom. The molecular weight excluding hydrogens is 492 g/mol. The molecule has 11 nitrogen and oxygen atoms in total. The number of hydrogen-bond donors (Lipinski definition) is 4. The summed E-state index contributed by atoms with van der Waals surface area (Å²) in [5.41, 5.74) is -1.99. The van der Waals surface area contributed by atoms with Gasteiger partial charge >= 0.3 is 6.03 Å². The van der Waals surface area contributed by atoms with Crippen LogP contribution in [0.4, 0.5) is 4.79 Å². The Hall–Kier alpha value is -1.05. The molecule has 0 aromatic rings. The zero-order valence-corrected chi connectivity index (χ0v) is 22.6. The summed E-state index contributed by atoms with van der Waals surface area (Å²) in [4.78, 5) is 13.5. The molecule has 4 N–H and O–H groups in total. The van der Waals surface area contributed by atoms with Gasteiger partial charge in [0.25, 0.3) is 0 Å². The number of hydrogen-bond acceptors (Lipinski definition) is 9. The summed E-state index contributed by atoms with van der Waals surface area (Å²) in [5.74, 6) is 0. The summed E-state index contributed by atoms with van der Waals surface area (Å²) in [7, 11) is 0. The highest BCUT2D eigenvalue weighted by atomic mass is 16.7. The second kappa shape index (κ2) is 10.7. The molecule has 2 amide bonds. The predicted octanol–water partition coefficient (Wildman–Crippen LogP) is 2.88. The van der Waals surface area contributed by atoms with Crippen LogP contribution in [-0.2, 0) is 18.9 Å². The van der Waals surface area contributed by atoms with Crippen LogP contribution in [0.2, 0.25) is 0 Å². The van der Waals surface area contributed by atoms with Gasteiger partial charge in [-0.1, -0.05) is 19.3 Å². The van der Waals surface area contributed by atoms with Gasteiger partial charge in [-0.15, -0.1) is 0 Å². The van der Waals surface area contributed by atoms with Crippen LogP contribution in [0.25, 0.3) is 0 Å². The Balaban J connectivity index is 1.17. The predicted molar refractivity (Wildman–Crippen MR) is 136 cm³/mol. The largest absolute Gasteiger partial charge is 0.381 e. The number of carbonyl (C=O) groups excluding carboxylic acids is 1. The van der Waals surface area contributed by atoms with Gasteiger partial charge in [-0.2, -0.15) is 10.1 Å². The van der Waals surface area contributed by atoms with Gasteiger partial charge in [-0.05, 0) is 57.8 Å². The average Bonchev–Trinajstić information content (AvgIpc) is 2.93. The minimum Gasteiger partial charge on any atom is -0.381 e. The van der Waals surface area contributed by atoms with E-state index in [1.54, 1.807) is 5.06 Å². The number of nitrogens with zero attached hydrogens (tertiary/aromatic N) is 2. The van der Waals surface area contributed by atoms with E-state index >= 15 is 0 Å². The maximum absolute atomic E-state index is 13.5. The summed E-state index contributed by atoms with van der Waals surface area (Å²) >= 11 is 0. The van der Waals surface area contributed by atoms with E-state index in [1.807, 2.05) is 0 Å². The Morgan fingerprint density at radius 3 is 1.66 bits per heavy atom. The number of amides is 2. The van der Waals surface area contributed by atoms with Crippen molar-refractivity contribution in [2.45, 2.75) is 124 Å². The second-order valence-corrected chi connectivity index (χ2v) is 12.8. The third kappa shape index (κ3) is 4.87. The van der Waals surface area contributed by atoms with Crippen molar-refractivity contribution in [1.82, 2.24) is 20.8 Å². The van der Waals surface area contributed by atoms with Crippen molar-refractivity contribution in [2.24, 2.45) is 0 Å². The average molecular weight is 539 g/mol. The lowest BCUT2D eigenvalue weighted by molar-refractivity contribution is -0.385. The standard InChI is InChI=1S/C27H46N4O7/c32-23(28-21-16-25(6-11-35-12-7-25)30(33)26(17-21)8-13-36-14-9-26)29-22-18-24(4-2-1-3-5-24)31(34)27(19-22)10-15-37-20-38-27/h21-22,33-34H,1-20H2,(H2,28,29,32). The first-order valence-electron chi connectivity index (χ1n) is 14.8. The molecule has 5 heterocycles. The van der Waals surface area contributed by atoms with E-state index in [0.29, 0.717) is 65.1 Å². The van der Waals surface area contributed by atoms with Gasteiger partial charge in [0.1, 0.15) is 6.79 Å². The van der Waals surface area contributed by atoms with Gasteiger partial charge < -0.3 is 40.0 Å². The van der Waals surface area contributed by atoms with Crippen LogP contribution < -0.4 is 10.6 Å². The molecule has 0 radical (unpaired) electrons. The number of hydroxylamine groups is 4. The molecular formula is C27H46N4O7. The van der Waals surface area contributed by atoms with Crippen molar-refractivity contribution in [3.8, 4) is 0 Å². The lowest BCUT2D eigenvalue weighted by Gasteiger charge is -2.59. The Kier molecular flexibility index (Phi) is 7.67. The molecule has 6 fully saturated rings. The van der Waals surface area contributed by atoms with Crippen LogP contribution in [0.15, 0.2) is 0 Å².